The summed E-state index contributed by atoms with van der Waals surface area (Å²) in [5.41, 5.74) is 4.96. The second kappa shape index (κ2) is 10.5. The number of guanidine groups is 1. The number of aryl methyl sites for hydroxylation is 1. The van der Waals surface area contributed by atoms with E-state index in [2.05, 4.69) is 60.9 Å². The molecule has 2 aromatic rings. The van der Waals surface area contributed by atoms with Crippen molar-refractivity contribution in [1.82, 2.24) is 10.6 Å². The van der Waals surface area contributed by atoms with Crippen LogP contribution in [0.15, 0.2) is 53.5 Å². The lowest BCUT2D eigenvalue weighted by molar-refractivity contribution is 0.133. The Bertz CT molecular complexity index is 682. The van der Waals surface area contributed by atoms with Crippen molar-refractivity contribution in [3.63, 3.8) is 0 Å². The SMILES string of the molecule is CCNC(=NCc1ccccc1COCC)NCc1ccccc1C. The van der Waals surface area contributed by atoms with Crippen molar-refractivity contribution in [2.24, 2.45) is 4.99 Å². The summed E-state index contributed by atoms with van der Waals surface area (Å²) < 4.78 is 5.55. The van der Waals surface area contributed by atoms with E-state index in [9.17, 15) is 0 Å². The van der Waals surface area contributed by atoms with E-state index in [1.807, 2.05) is 19.1 Å². The van der Waals surface area contributed by atoms with Crippen LogP contribution in [-0.2, 0) is 24.4 Å². The molecule has 0 amide bonds. The van der Waals surface area contributed by atoms with Crippen molar-refractivity contribution in [2.75, 3.05) is 13.2 Å². The Morgan fingerprint density at radius 2 is 1.60 bits per heavy atom. The lowest BCUT2D eigenvalue weighted by atomic mass is 10.1. The minimum Gasteiger partial charge on any atom is -0.377 e. The lowest BCUT2D eigenvalue weighted by Gasteiger charge is -2.13. The van der Waals surface area contributed by atoms with Crippen molar-refractivity contribution >= 4 is 5.96 Å². The molecule has 2 aromatic carbocycles. The van der Waals surface area contributed by atoms with E-state index in [1.165, 1.54) is 22.3 Å². The summed E-state index contributed by atoms with van der Waals surface area (Å²) >= 11 is 0. The molecule has 0 saturated carbocycles. The minimum atomic E-state index is 0.631. The van der Waals surface area contributed by atoms with Crippen LogP contribution in [0.4, 0.5) is 0 Å². The average Bonchev–Trinajstić information content (AvgIpc) is 2.64. The van der Waals surface area contributed by atoms with Crippen molar-refractivity contribution in [3.8, 4) is 0 Å². The van der Waals surface area contributed by atoms with Crippen LogP contribution < -0.4 is 10.6 Å². The molecule has 25 heavy (non-hydrogen) atoms. The molecule has 0 aromatic heterocycles. The Hall–Kier alpha value is -2.33. The molecule has 134 valence electrons. The third kappa shape index (κ3) is 6.24. The van der Waals surface area contributed by atoms with Crippen molar-refractivity contribution in [3.05, 3.63) is 70.8 Å². The zero-order valence-electron chi connectivity index (χ0n) is 15.5. The zero-order chi connectivity index (χ0) is 17.9. The van der Waals surface area contributed by atoms with E-state index in [0.29, 0.717) is 13.2 Å². The number of rotatable bonds is 8. The third-order valence-electron chi connectivity index (χ3n) is 4.04. The second-order valence-corrected chi connectivity index (χ2v) is 5.88. The number of nitrogens with zero attached hydrogens (tertiary/aromatic N) is 1. The van der Waals surface area contributed by atoms with Gasteiger partial charge < -0.3 is 15.4 Å². The molecule has 0 unspecified atom stereocenters. The Kier molecular flexibility index (Phi) is 7.99. The van der Waals surface area contributed by atoms with Gasteiger partial charge in [-0.3, -0.25) is 0 Å². The minimum absolute atomic E-state index is 0.631. The van der Waals surface area contributed by atoms with Crippen LogP contribution in [0.1, 0.15) is 36.1 Å². The fourth-order valence-corrected chi connectivity index (χ4v) is 2.56. The van der Waals surface area contributed by atoms with Gasteiger partial charge in [-0.2, -0.15) is 0 Å². The van der Waals surface area contributed by atoms with Gasteiger partial charge in [0.2, 0.25) is 0 Å². The average molecular weight is 339 g/mol. The molecule has 0 spiro atoms. The summed E-state index contributed by atoms with van der Waals surface area (Å²) in [6, 6.07) is 16.7. The zero-order valence-corrected chi connectivity index (χ0v) is 15.5. The maximum Gasteiger partial charge on any atom is 0.191 e. The Morgan fingerprint density at radius 1 is 0.920 bits per heavy atom. The number of nitrogens with one attached hydrogen (secondary N) is 2. The molecular formula is C21H29N3O. The third-order valence-corrected chi connectivity index (χ3v) is 4.04. The number of ether oxygens (including phenoxy) is 1. The van der Waals surface area contributed by atoms with Gasteiger partial charge in [0.25, 0.3) is 0 Å². The summed E-state index contributed by atoms with van der Waals surface area (Å²) in [5.74, 6) is 0.831. The molecule has 2 N–H and O–H groups in total. The van der Waals surface area contributed by atoms with Crippen LogP contribution in [0.25, 0.3) is 0 Å². The van der Waals surface area contributed by atoms with E-state index >= 15 is 0 Å². The highest BCUT2D eigenvalue weighted by Gasteiger charge is 2.03. The molecule has 0 aliphatic heterocycles. The van der Waals surface area contributed by atoms with Crippen molar-refractivity contribution < 1.29 is 4.74 Å². The first-order chi connectivity index (χ1) is 12.2. The van der Waals surface area contributed by atoms with Crippen molar-refractivity contribution in [1.29, 1.82) is 0 Å². The molecule has 0 bridgehead atoms. The fraction of sp³-hybridized carbons (Fsp3) is 0.381. The molecule has 0 fully saturated rings. The number of hydrogen-bond acceptors (Lipinski definition) is 2. The fourth-order valence-electron chi connectivity index (χ4n) is 2.56. The first kappa shape index (κ1) is 19.0. The van der Waals surface area contributed by atoms with E-state index < -0.39 is 0 Å². The summed E-state index contributed by atoms with van der Waals surface area (Å²) in [6.45, 7) is 9.80. The maximum absolute atomic E-state index is 5.55. The first-order valence-electron chi connectivity index (χ1n) is 8.95. The molecule has 0 aliphatic carbocycles. The van der Waals surface area contributed by atoms with Crippen LogP contribution in [0.3, 0.4) is 0 Å². The van der Waals surface area contributed by atoms with Crippen LogP contribution in [0, 0.1) is 6.92 Å². The van der Waals surface area contributed by atoms with Gasteiger partial charge in [-0.1, -0.05) is 48.5 Å². The Labute approximate surface area is 151 Å². The first-order valence-corrected chi connectivity index (χ1v) is 8.95. The van der Waals surface area contributed by atoms with Crippen LogP contribution in [0.5, 0.6) is 0 Å². The van der Waals surface area contributed by atoms with Gasteiger partial charge in [-0.15, -0.1) is 0 Å². The smallest absolute Gasteiger partial charge is 0.191 e. The van der Waals surface area contributed by atoms with E-state index in [0.717, 1.165) is 25.7 Å². The van der Waals surface area contributed by atoms with Gasteiger partial charge in [0, 0.05) is 19.7 Å². The van der Waals surface area contributed by atoms with Gasteiger partial charge in [-0.05, 0) is 43.0 Å². The van der Waals surface area contributed by atoms with Gasteiger partial charge in [0.1, 0.15) is 0 Å². The van der Waals surface area contributed by atoms with Gasteiger partial charge in [-0.25, -0.2) is 4.99 Å². The predicted octanol–water partition coefficient (Wildman–Crippen LogP) is 3.79. The standard InChI is InChI=1S/C21H29N3O/c1-4-22-21(23-14-18-11-7-6-10-17(18)3)24-15-19-12-8-9-13-20(19)16-25-5-2/h6-13H,4-5,14-16H2,1-3H3,(H2,22,23,24). The van der Waals surface area contributed by atoms with Gasteiger partial charge in [0.15, 0.2) is 5.96 Å². The number of hydrogen-bond donors (Lipinski definition) is 2. The molecular weight excluding hydrogens is 310 g/mol. The van der Waals surface area contributed by atoms with Crippen molar-refractivity contribution in [2.45, 2.75) is 40.5 Å². The summed E-state index contributed by atoms with van der Waals surface area (Å²) in [7, 11) is 0. The Balaban J connectivity index is 2.03. The lowest BCUT2D eigenvalue weighted by Crippen LogP contribution is -2.37. The molecule has 0 saturated heterocycles. The highest BCUT2D eigenvalue weighted by molar-refractivity contribution is 5.79. The number of benzene rings is 2. The predicted molar refractivity (Wildman–Crippen MR) is 105 cm³/mol. The van der Waals surface area contributed by atoms with Crippen LogP contribution in [-0.4, -0.2) is 19.1 Å². The van der Waals surface area contributed by atoms with E-state index in [-0.39, 0.29) is 0 Å². The number of aliphatic imine (C=N–C) groups is 1. The summed E-state index contributed by atoms with van der Waals surface area (Å²) in [4.78, 5) is 4.74. The normalized spacial score (nSPS) is 11.4. The summed E-state index contributed by atoms with van der Waals surface area (Å²) in [5, 5.41) is 6.73. The van der Waals surface area contributed by atoms with E-state index in [1.54, 1.807) is 0 Å². The second-order valence-electron chi connectivity index (χ2n) is 5.88. The summed E-state index contributed by atoms with van der Waals surface area (Å²) in [6.07, 6.45) is 0. The van der Waals surface area contributed by atoms with Crippen LogP contribution >= 0.6 is 0 Å². The highest BCUT2D eigenvalue weighted by Crippen LogP contribution is 2.11. The van der Waals surface area contributed by atoms with E-state index in [4.69, 9.17) is 9.73 Å². The quantitative estimate of drug-likeness (QED) is 0.568. The van der Waals surface area contributed by atoms with Crippen LogP contribution in [0.2, 0.25) is 0 Å². The van der Waals surface area contributed by atoms with Gasteiger partial charge in [0.05, 0.1) is 13.2 Å². The molecule has 4 nitrogen and oxygen atoms in total. The maximum atomic E-state index is 5.55. The largest absolute Gasteiger partial charge is 0.377 e. The molecule has 0 aliphatic rings. The molecule has 2 rings (SSSR count). The van der Waals surface area contributed by atoms with Gasteiger partial charge >= 0.3 is 0 Å². The molecule has 0 atom stereocenters. The molecule has 0 radical (unpaired) electrons. The molecule has 0 heterocycles. The monoisotopic (exact) mass is 339 g/mol. The molecule has 4 heteroatoms. The highest BCUT2D eigenvalue weighted by atomic mass is 16.5. The Morgan fingerprint density at radius 3 is 2.28 bits per heavy atom. The topological polar surface area (TPSA) is 45.7 Å².